The van der Waals surface area contributed by atoms with E-state index in [2.05, 4.69) is 4.57 Å². The number of carbonyl (C=O) groups is 2. The normalized spacial score (nSPS) is 15.6. The maximum absolute atomic E-state index is 13.7. The summed E-state index contributed by atoms with van der Waals surface area (Å²) < 4.78 is 12.8. The molecule has 0 fully saturated rings. The van der Waals surface area contributed by atoms with Gasteiger partial charge in [-0.05, 0) is 82.2 Å². The molecular formula is C30H32N2O4. The van der Waals surface area contributed by atoms with Crippen molar-refractivity contribution in [3.05, 3.63) is 100 Å². The van der Waals surface area contributed by atoms with E-state index >= 15 is 0 Å². The van der Waals surface area contributed by atoms with E-state index in [9.17, 15) is 9.59 Å². The molecule has 2 heterocycles. The van der Waals surface area contributed by atoms with Crippen LogP contribution in [-0.2, 0) is 14.3 Å². The first-order chi connectivity index (χ1) is 17.3. The third-order valence-electron chi connectivity index (χ3n) is 6.68. The highest BCUT2D eigenvalue weighted by Crippen LogP contribution is 2.38. The number of hydrogen-bond acceptors (Lipinski definition) is 4. The maximum atomic E-state index is 13.7. The zero-order valence-corrected chi connectivity index (χ0v) is 21.7. The van der Waals surface area contributed by atoms with E-state index in [1.165, 1.54) is 7.11 Å². The van der Waals surface area contributed by atoms with Crippen LogP contribution in [0.5, 0.6) is 5.75 Å². The van der Waals surface area contributed by atoms with E-state index < -0.39 is 5.97 Å². The number of aryl methyl sites for hydroxylation is 1. The lowest BCUT2D eigenvalue weighted by molar-refractivity contribution is -0.136. The van der Waals surface area contributed by atoms with E-state index in [0.717, 1.165) is 34.0 Å². The molecule has 3 aromatic rings. The summed E-state index contributed by atoms with van der Waals surface area (Å²) in [4.78, 5) is 28.2. The Morgan fingerprint density at radius 1 is 1.03 bits per heavy atom. The molecule has 0 radical (unpaired) electrons. The first kappa shape index (κ1) is 25.0. The van der Waals surface area contributed by atoms with Crippen LogP contribution in [0, 0.1) is 13.8 Å². The van der Waals surface area contributed by atoms with E-state index in [0.29, 0.717) is 23.5 Å². The van der Waals surface area contributed by atoms with Gasteiger partial charge in [0, 0.05) is 22.8 Å². The lowest BCUT2D eigenvalue weighted by atomic mass is 10.0. The molecular weight excluding hydrogens is 452 g/mol. The third-order valence-corrected chi connectivity index (χ3v) is 6.68. The highest BCUT2D eigenvalue weighted by molar-refractivity contribution is 6.16. The number of allylic oxidation sites excluding steroid dienone is 1. The predicted molar refractivity (Wildman–Crippen MR) is 141 cm³/mol. The summed E-state index contributed by atoms with van der Waals surface area (Å²) in [7, 11) is 1.34. The summed E-state index contributed by atoms with van der Waals surface area (Å²) in [5, 5.41) is 0. The van der Waals surface area contributed by atoms with Gasteiger partial charge in [0.15, 0.2) is 0 Å². The van der Waals surface area contributed by atoms with E-state index in [1.54, 1.807) is 11.8 Å². The molecule has 0 bridgehead atoms. The second-order valence-corrected chi connectivity index (χ2v) is 8.86. The summed E-state index contributed by atoms with van der Waals surface area (Å²) in [6.45, 7) is 10.4. The quantitative estimate of drug-likeness (QED) is 0.308. The molecule has 1 aliphatic heterocycles. The van der Waals surface area contributed by atoms with Gasteiger partial charge < -0.3 is 18.9 Å². The predicted octanol–water partition coefficient (Wildman–Crippen LogP) is 5.93. The van der Waals surface area contributed by atoms with Crippen molar-refractivity contribution < 1.29 is 19.1 Å². The minimum absolute atomic E-state index is 0.213. The molecule has 0 unspecified atom stereocenters. The fraction of sp³-hybridized carbons (Fsp3) is 0.267. The van der Waals surface area contributed by atoms with Crippen molar-refractivity contribution in [3.8, 4) is 11.4 Å². The number of benzene rings is 2. The van der Waals surface area contributed by atoms with Crippen molar-refractivity contribution in [2.24, 2.45) is 0 Å². The molecule has 1 aromatic heterocycles. The lowest BCUT2D eigenvalue weighted by Crippen LogP contribution is -2.28. The van der Waals surface area contributed by atoms with Crippen LogP contribution in [0.2, 0.25) is 0 Å². The van der Waals surface area contributed by atoms with Crippen LogP contribution in [-0.4, -0.2) is 35.1 Å². The van der Waals surface area contributed by atoms with Crippen molar-refractivity contribution in [2.45, 2.75) is 40.7 Å². The molecule has 1 amide bonds. The number of nitrogens with zero attached hydrogens (tertiary/aromatic N) is 2. The van der Waals surface area contributed by atoms with Crippen LogP contribution in [0.1, 0.15) is 49.3 Å². The van der Waals surface area contributed by atoms with Gasteiger partial charge in [-0.1, -0.05) is 30.3 Å². The van der Waals surface area contributed by atoms with Crippen LogP contribution in [0.25, 0.3) is 11.8 Å². The molecule has 6 nitrogen and oxygen atoms in total. The Balaban J connectivity index is 1.77. The standard InChI is InChI=1S/C30H32N2O4/c1-7-36-26-15-13-25(14-16-26)31-19(2)17-24(21(31)4)18-27-28(30(34)35-6)22(5)32(29(27)33)20(3)23-11-9-8-10-12-23/h8-18,20H,7H2,1-6H3/b27-18-/t20-/m1/s1. The van der Waals surface area contributed by atoms with E-state index in [1.807, 2.05) is 94.4 Å². The van der Waals surface area contributed by atoms with Crippen LogP contribution in [0.3, 0.4) is 0 Å². The van der Waals surface area contributed by atoms with Gasteiger partial charge in [0.05, 0.1) is 30.9 Å². The van der Waals surface area contributed by atoms with Crippen LogP contribution < -0.4 is 4.74 Å². The van der Waals surface area contributed by atoms with Gasteiger partial charge in [0.1, 0.15) is 5.75 Å². The van der Waals surface area contributed by atoms with Gasteiger partial charge in [0.25, 0.3) is 5.91 Å². The molecule has 36 heavy (non-hydrogen) atoms. The second kappa shape index (κ2) is 10.3. The molecule has 1 aliphatic rings. The number of carbonyl (C=O) groups excluding carboxylic acids is 2. The van der Waals surface area contributed by atoms with Gasteiger partial charge in [-0.3, -0.25) is 4.79 Å². The Hall–Kier alpha value is -4.06. The number of rotatable bonds is 7. The Kier molecular flexibility index (Phi) is 7.15. The van der Waals surface area contributed by atoms with Crippen LogP contribution >= 0.6 is 0 Å². The minimum atomic E-state index is -0.518. The summed E-state index contributed by atoms with van der Waals surface area (Å²) in [6, 6.07) is 19.5. The summed E-state index contributed by atoms with van der Waals surface area (Å²) in [5.41, 5.74) is 6.07. The molecule has 0 saturated carbocycles. The van der Waals surface area contributed by atoms with Crippen LogP contribution in [0.4, 0.5) is 0 Å². The van der Waals surface area contributed by atoms with Gasteiger partial charge in [-0.25, -0.2) is 4.79 Å². The first-order valence-electron chi connectivity index (χ1n) is 12.1. The zero-order valence-electron chi connectivity index (χ0n) is 21.7. The monoisotopic (exact) mass is 484 g/mol. The summed E-state index contributed by atoms with van der Waals surface area (Å²) >= 11 is 0. The molecule has 6 heteroatoms. The first-order valence-corrected chi connectivity index (χ1v) is 12.1. The van der Waals surface area contributed by atoms with Gasteiger partial charge in [-0.2, -0.15) is 0 Å². The van der Waals surface area contributed by atoms with Crippen molar-refractivity contribution in [1.82, 2.24) is 9.47 Å². The topological polar surface area (TPSA) is 60.8 Å². The minimum Gasteiger partial charge on any atom is -0.494 e. The molecule has 2 aromatic carbocycles. The van der Waals surface area contributed by atoms with Gasteiger partial charge >= 0.3 is 5.97 Å². The third kappa shape index (κ3) is 4.47. The number of amides is 1. The molecule has 4 rings (SSSR count). The van der Waals surface area contributed by atoms with Crippen molar-refractivity contribution in [1.29, 1.82) is 0 Å². The highest BCUT2D eigenvalue weighted by Gasteiger charge is 2.39. The Labute approximate surface area is 212 Å². The van der Waals surface area contributed by atoms with E-state index in [-0.39, 0.29) is 11.9 Å². The maximum Gasteiger partial charge on any atom is 0.340 e. The molecule has 0 N–H and O–H groups in total. The van der Waals surface area contributed by atoms with Crippen molar-refractivity contribution >= 4 is 18.0 Å². The van der Waals surface area contributed by atoms with E-state index in [4.69, 9.17) is 9.47 Å². The van der Waals surface area contributed by atoms with Gasteiger partial charge in [-0.15, -0.1) is 0 Å². The molecule has 0 saturated heterocycles. The largest absolute Gasteiger partial charge is 0.494 e. The lowest BCUT2D eigenvalue weighted by Gasteiger charge is -2.26. The average molecular weight is 485 g/mol. The molecule has 0 spiro atoms. The average Bonchev–Trinajstić information content (AvgIpc) is 3.30. The summed E-state index contributed by atoms with van der Waals surface area (Å²) in [5.74, 6) is 0.0869. The molecule has 186 valence electrons. The summed E-state index contributed by atoms with van der Waals surface area (Å²) in [6.07, 6.45) is 1.81. The molecule has 0 aliphatic carbocycles. The second-order valence-electron chi connectivity index (χ2n) is 8.86. The van der Waals surface area contributed by atoms with Crippen molar-refractivity contribution in [3.63, 3.8) is 0 Å². The van der Waals surface area contributed by atoms with Gasteiger partial charge in [0.2, 0.25) is 0 Å². The fourth-order valence-corrected chi connectivity index (χ4v) is 4.89. The van der Waals surface area contributed by atoms with Crippen LogP contribution in [0.15, 0.2) is 77.5 Å². The Bertz CT molecular complexity index is 1350. The zero-order chi connectivity index (χ0) is 26.0. The number of methoxy groups -OCH3 is 1. The number of ether oxygens (including phenoxy) is 2. The molecule has 1 atom stereocenters. The number of aromatic nitrogens is 1. The number of hydrogen-bond donors (Lipinski definition) is 0. The fourth-order valence-electron chi connectivity index (χ4n) is 4.89. The van der Waals surface area contributed by atoms with Crippen molar-refractivity contribution in [2.75, 3.05) is 13.7 Å². The Morgan fingerprint density at radius 2 is 1.69 bits per heavy atom. The number of esters is 1. The highest BCUT2D eigenvalue weighted by atomic mass is 16.5. The SMILES string of the molecule is CCOc1ccc(-n2c(C)cc(/C=C3\C(=O)N([C@H](C)c4ccccc4)C(C)=C3C(=O)OC)c2C)cc1. The Morgan fingerprint density at radius 3 is 2.31 bits per heavy atom. The smallest absolute Gasteiger partial charge is 0.340 e.